The van der Waals surface area contributed by atoms with Gasteiger partial charge in [-0.05, 0) is 36.1 Å². The Labute approximate surface area is 142 Å². The predicted octanol–water partition coefficient (Wildman–Crippen LogP) is 2.37. The average molecular weight is 341 g/mol. The standard InChI is InChI=1S/C16H15N5O2S/c1-10-7-8-24-15(10)16-18-21(11(2)22)14(23-16)9-20-13-6-4-3-5-12(13)17-19-20/h3-8,14H,9H2,1-2H3. The molecule has 1 unspecified atom stereocenters. The molecule has 3 heterocycles. The molecule has 4 rings (SSSR count). The van der Waals surface area contributed by atoms with Gasteiger partial charge >= 0.3 is 0 Å². The van der Waals surface area contributed by atoms with E-state index in [1.54, 1.807) is 16.0 Å². The number of benzene rings is 1. The van der Waals surface area contributed by atoms with Crippen LogP contribution in [0.2, 0.25) is 0 Å². The second-order valence-electron chi connectivity index (χ2n) is 5.53. The quantitative estimate of drug-likeness (QED) is 0.733. The molecule has 1 aliphatic rings. The van der Waals surface area contributed by atoms with Crippen molar-refractivity contribution < 1.29 is 9.53 Å². The van der Waals surface area contributed by atoms with E-state index in [9.17, 15) is 4.79 Å². The minimum absolute atomic E-state index is 0.173. The molecule has 1 atom stereocenters. The van der Waals surface area contributed by atoms with Gasteiger partial charge in [0.2, 0.25) is 12.1 Å². The van der Waals surface area contributed by atoms with Crippen molar-refractivity contribution in [2.75, 3.05) is 0 Å². The third kappa shape index (κ3) is 2.44. The minimum atomic E-state index is -0.538. The van der Waals surface area contributed by atoms with Gasteiger partial charge in [-0.3, -0.25) is 4.79 Å². The molecular formula is C16H15N5O2S. The zero-order valence-corrected chi connectivity index (χ0v) is 14.0. The second kappa shape index (κ2) is 5.72. The summed E-state index contributed by atoms with van der Waals surface area (Å²) in [5.41, 5.74) is 2.78. The normalized spacial score (nSPS) is 17.2. The van der Waals surface area contributed by atoms with E-state index in [4.69, 9.17) is 4.74 Å². The maximum atomic E-state index is 11.9. The van der Waals surface area contributed by atoms with Gasteiger partial charge in [0.25, 0.3) is 5.90 Å². The van der Waals surface area contributed by atoms with Crippen LogP contribution in [0.4, 0.5) is 0 Å². The van der Waals surface area contributed by atoms with Crippen molar-refractivity contribution in [1.82, 2.24) is 20.0 Å². The van der Waals surface area contributed by atoms with E-state index in [1.165, 1.54) is 11.9 Å². The fourth-order valence-electron chi connectivity index (χ4n) is 2.64. The molecule has 1 amide bonds. The average Bonchev–Trinajstić information content (AvgIpc) is 3.27. The van der Waals surface area contributed by atoms with E-state index in [2.05, 4.69) is 15.4 Å². The molecule has 0 radical (unpaired) electrons. The van der Waals surface area contributed by atoms with E-state index >= 15 is 0 Å². The molecule has 0 saturated heterocycles. The van der Waals surface area contributed by atoms with Crippen LogP contribution in [-0.2, 0) is 16.1 Å². The Morgan fingerprint density at radius 3 is 2.92 bits per heavy atom. The molecule has 3 aromatic rings. The number of nitrogens with zero attached hydrogens (tertiary/aromatic N) is 5. The number of carbonyl (C=O) groups excluding carboxylic acids is 1. The maximum Gasteiger partial charge on any atom is 0.251 e. The van der Waals surface area contributed by atoms with Crippen molar-refractivity contribution >= 4 is 34.2 Å². The van der Waals surface area contributed by atoms with E-state index in [0.29, 0.717) is 12.4 Å². The lowest BCUT2D eigenvalue weighted by molar-refractivity contribution is -0.135. The number of ether oxygens (including phenoxy) is 1. The SMILES string of the molecule is CC(=O)N1N=C(c2sccc2C)OC1Cn1nnc2ccccc21. The first-order valence-corrected chi connectivity index (χ1v) is 8.39. The Bertz CT molecular complexity index is 945. The molecule has 0 fully saturated rings. The highest BCUT2D eigenvalue weighted by molar-refractivity contribution is 7.12. The fourth-order valence-corrected chi connectivity index (χ4v) is 3.50. The van der Waals surface area contributed by atoms with E-state index in [-0.39, 0.29) is 5.91 Å². The Balaban J connectivity index is 1.63. The number of aromatic nitrogens is 3. The lowest BCUT2D eigenvalue weighted by Crippen LogP contribution is -2.35. The molecule has 0 saturated carbocycles. The number of thiophene rings is 1. The number of para-hydroxylation sites is 1. The Morgan fingerprint density at radius 2 is 2.17 bits per heavy atom. The molecule has 122 valence electrons. The van der Waals surface area contributed by atoms with Gasteiger partial charge < -0.3 is 4.74 Å². The van der Waals surface area contributed by atoms with Gasteiger partial charge in [0, 0.05) is 6.92 Å². The fraction of sp³-hybridized carbons (Fsp3) is 0.250. The highest BCUT2D eigenvalue weighted by Gasteiger charge is 2.33. The summed E-state index contributed by atoms with van der Waals surface area (Å²) in [5.74, 6) is 0.306. The first-order valence-electron chi connectivity index (χ1n) is 7.51. The van der Waals surface area contributed by atoms with Crippen molar-refractivity contribution in [3.63, 3.8) is 0 Å². The number of amides is 1. The van der Waals surface area contributed by atoms with Crippen LogP contribution in [0.15, 0.2) is 40.8 Å². The lowest BCUT2D eigenvalue weighted by atomic mass is 10.3. The number of aryl methyl sites for hydroxylation is 1. The summed E-state index contributed by atoms with van der Waals surface area (Å²) in [6, 6.07) is 9.68. The van der Waals surface area contributed by atoms with Crippen LogP contribution in [0.25, 0.3) is 11.0 Å². The molecule has 1 aliphatic heterocycles. The molecule has 0 N–H and O–H groups in total. The summed E-state index contributed by atoms with van der Waals surface area (Å²) in [7, 11) is 0. The summed E-state index contributed by atoms with van der Waals surface area (Å²) in [4.78, 5) is 12.9. The number of hydrogen-bond donors (Lipinski definition) is 0. The van der Waals surface area contributed by atoms with Crippen molar-refractivity contribution in [2.24, 2.45) is 5.10 Å². The van der Waals surface area contributed by atoms with Gasteiger partial charge in [-0.2, -0.15) is 5.01 Å². The molecule has 7 nitrogen and oxygen atoms in total. The van der Waals surface area contributed by atoms with Crippen LogP contribution in [0.5, 0.6) is 0 Å². The summed E-state index contributed by atoms with van der Waals surface area (Å²) < 4.78 is 7.69. The zero-order valence-electron chi connectivity index (χ0n) is 13.2. The van der Waals surface area contributed by atoms with Crippen LogP contribution >= 0.6 is 11.3 Å². The van der Waals surface area contributed by atoms with Crippen LogP contribution in [0, 0.1) is 6.92 Å². The Morgan fingerprint density at radius 1 is 1.33 bits per heavy atom. The van der Waals surface area contributed by atoms with E-state index in [0.717, 1.165) is 21.5 Å². The van der Waals surface area contributed by atoms with Crippen molar-refractivity contribution in [2.45, 2.75) is 26.6 Å². The highest BCUT2D eigenvalue weighted by Crippen LogP contribution is 2.25. The molecule has 0 spiro atoms. The van der Waals surface area contributed by atoms with Crippen LogP contribution in [-0.4, -0.2) is 38.0 Å². The van der Waals surface area contributed by atoms with Gasteiger partial charge in [0.05, 0.1) is 10.4 Å². The van der Waals surface area contributed by atoms with Crippen molar-refractivity contribution in [3.05, 3.63) is 46.2 Å². The Kier molecular flexibility index (Phi) is 3.53. The van der Waals surface area contributed by atoms with Crippen LogP contribution in [0.1, 0.15) is 17.4 Å². The summed E-state index contributed by atoms with van der Waals surface area (Å²) in [5, 5.41) is 16.0. The van der Waals surface area contributed by atoms with E-state index in [1.807, 2.05) is 42.6 Å². The van der Waals surface area contributed by atoms with E-state index < -0.39 is 6.23 Å². The van der Waals surface area contributed by atoms with Crippen LogP contribution < -0.4 is 0 Å². The third-order valence-corrected chi connectivity index (χ3v) is 4.85. The molecule has 1 aromatic carbocycles. The molecule has 24 heavy (non-hydrogen) atoms. The largest absolute Gasteiger partial charge is 0.447 e. The summed E-state index contributed by atoms with van der Waals surface area (Å²) in [6.07, 6.45) is -0.538. The smallest absolute Gasteiger partial charge is 0.251 e. The number of fused-ring (bicyclic) bond motifs is 1. The summed E-state index contributed by atoms with van der Waals surface area (Å²) in [6.45, 7) is 3.83. The third-order valence-electron chi connectivity index (χ3n) is 3.85. The zero-order chi connectivity index (χ0) is 16.7. The second-order valence-corrected chi connectivity index (χ2v) is 6.45. The lowest BCUT2D eigenvalue weighted by Gasteiger charge is -2.18. The van der Waals surface area contributed by atoms with Gasteiger partial charge in [0.1, 0.15) is 12.1 Å². The van der Waals surface area contributed by atoms with Crippen molar-refractivity contribution in [3.8, 4) is 0 Å². The van der Waals surface area contributed by atoms with Gasteiger partial charge in [-0.25, -0.2) is 4.68 Å². The number of hydrazone groups is 1. The molecule has 2 aromatic heterocycles. The predicted molar refractivity (Wildman–Crippen MR) is 90.5 cm³/mol. The Hall–Kier alpha value is -2.74. The van der Waals surface area contributed by atoms with Crippen molar-refractivity contribution in [1.29, 1.82) is 0 Å². The molecule has 0 bridgehead atoms. The number of carbonyl (C=O) groups is 1. The maximum absolute atomic E-state index is 11.9. The first kappa shape index (κ1) is 14.8. The highest BCUT2D eigenvalue weighted by atomic mass is 32.1. The van der Waals surface area contributed by atoms with Gasteiger partial charge in [-0.1, -0.05) is 17.3 Å². The number of hydrogen-bond acceptors (Lipinski definition) is 6. The molecular weight excluding hydrogens is 326 g/mol. The minimum Gasteiger partial charge on any atom is -0.447 e. The monoisotopic (exact) mass is 341 g/mol. The van der Waals surface area contributed by atoms with Crippen LogP contribution in [0.3, 0.4) is 0 Å². The molecule has 8 heteroatoms. The molecule has 0 aliphatic carbocycles. The topological polar surface area (TPSA) is 72.6 Å². The van der Waals surface area contributed by atoms with Gasteiger partial charge in [-0.15, -0.1) is 21.5 Å². The first-order chi connectivity index (χ1) is 11.6. The number of rotatable bonds is 3. The summed E-state index contributed by atoms with van der Waals surface area (Å²) >= 11 is 1.54. The van der Waals surface area contributed by atoms with Gasteiger partial charge in [0.15, 0.2) is 0 Å².